The third kappa shape index (κ3) is 4.47. The van der Waals surface area contributed by atoms with Gasteiger partial charge >= 0.3 is 6.01 Å². The van der Waals surface area contributed by atoms with E-state index in [1.807, 2.05) is 54.6 Å². The topological polar surface area (TPSA) is 53.5 Å². The smallest absolute Gasteiger partial charge is 0.319 e. The predicted octanol–water partition coefficient (Wildman–Crippen LogP) is 3.66. The molecule has 0 atom stereocenters. The Hall–Kier alpha value is -3.08. The minimum absolute atomic E-state index is 0.292. The highest BCUT2D eigenvalue weighted by molar-refractivity contribution is 5.35. The third-order valence-corrected chi connectivity index (χ3v) is 3.72. The molecule has 0 spiro atoms. The van der Waals surface area contributed by atoms with Crippen LogP contribution in [0.15, 0.2) is 60.8 Å². The largest absolute Gasteiger partial charge is 0.489 e. The standard InChI is InChI=1S/C20H20N2O3/c1-23-19-17(13-21-20(22-19)24-2)11-16-9-6-10-18(12-16)25-14-15-7-4-3-5-8-15/h3-10,12-13H,11,14H2,1-2H3. The van der Waals surface area contributed by atoms with Crippen molar-refractivity contribution in [1.82, 2.24) is 9.97 Å². The van der Waals surface area contributed by atoms with Crippen molar-refractivity contribution in [2.75, 3.05) is 14.2 Å². The number of rotatable bonds is 7. The van der Waals surface area contributed by atoms with Gasteiger partial charge in [-0.3, -0.25) is 0 Å². The maximum absolute atomic E-state index is 5.88. The third-order valence-electron chi connectivity index (χ3n) is 3.72. The number of nitrogens with zero attached hydrogens (tertiary/aromatic N) is 2. The number of ether oxygens (including phenoxy) is 3. The maximum Gasteiger partial charge on any atom is 0.319 e. The van der Waals surface area contributed by atoms with Crippen LogP contribution in [0.4, 0.5) is 0 Å². The molecule has 0 aliphatic carbocycles. The Morgan fingerprint density at radius 1 is 0.880 bits per heavy atom. The van der Waals surface area contributed by atoms with Crippen LogP contribution in [0.2, 0.25) is 0 Å². The SMILES string of the molecule is COc1ncc(Cc2cccc(OCc3ccccc3)c2)c(OC)n1. The van der Waals surface area contributed by atoms with Crippen molar-refractivity contribution in [2.24, 2.45) is 0 Å². The van der Waals surface area contributed by atoms with Crippen molar-refractivity contribution in [1.29, 1.82) is 0 Å². The Bertz CT molecular complexity index is 822. The minimum Gasteiger partial charge on any atom is -0.489 e. The molecule has 0 fully saturated rings. The number of methoxy groups -OCH3 is 2. The molecule has 0 bridgehead atoms. The van der Waals surface area contributed by atoms with Crippen molar-refractivity contribution in [2.45, 2.75) is 13.0 Å². The molecule has 5 heteroatoms. The molecular formula is C20H20N2O3. The average Bonchev–Trinajstić information content (AvgIpc) is 2.68. The van der Waals surface area contributed by atoms with Gasteiger partial charge in [0.25, 0.3) is 0 Å². The van der Waals surface area contributed by atoms with Crippen molar-refractivity contribution in [3.8, 4) is 17.6 Å². The molecule has 0 aliphatic rings. The van der Waals surface area contributed by atoms with Crippen molar-refractivity contribution in [3.05, 3.63) is 77.5 Å². The van der Waals surface area contributed by atoms with Crippen LogP contribution in [0.5, 0.6) is 17.6 Å². The van der Waals surface area contributed by atoms with Crippen LogP contribution in [0.25, 0.3) is 0 Å². The Labute approximate surface area is 147 Å². The zero-order chi connectivity index (χ0) is 17.5. The molecule has 2 aromatic carbocycles. The highest BCUT2D eigenvalue weighted by Crippen LogP contribution is 2.23. The summed E-state index contributed by atoms with van der Waals surface area (Å²) in [5.74, 6) is 1.34. The average molecular weight is 336 g/mol. The van der Waals surface area contributed by atoms with Gasteiger partial charge in [-0.05, 0) is 23.3 Å². The first-order valence-electron chi connectivity index (χ1n) is 7.98. The molecule has 1 heterocycles. The number of aromatic nitrogens is 2. The van der Waals surface area contributed by atoms with Gasteiger partial charge in [0.1, 0.15) is 12.4 Å². The molecular weight excluding hydrogens is 316 g/mol. The predicted molar refractivity (Wildman–Crippen MR) is 95.2 cm³/mol. The van der Waals surface area contributed by atoms with Crippen molar-refractivity contribution < 1.29 is 14.2 Å². The van der Waals surface area contributed by atoms with Crippen LogP contribution in [-0.2, 0) is 13.0 Å². The molecule has 0 saturated carbocycles. The minimum atomic E-state index is 0.292. The molecule has 0 radical (unpaired) electrons. The van der Waals surface area contributed by atoms with Gasteiger partial charge in [-0.1, -0.05) is 42.5 Å². The van der Waals surface area contributed by atoms with Gasteiger partial charge in [0.15, 0.2) is 0 Å². The second-order valence-electron chi connectivity index (χ2n) is 5.49. The quantitative estimate of drug-likeness (QED) is 0.659. The summed E-state index contributed by atoms with van der Waals surface area (Å²) in [4.78, 5) is 8.37. The van der Waals surface area contributed by atoms with Crippen LogP contribution in [-0.4, -0.2) is 24.2 Å². The molecule has 0 amide bonds. The van der Waals surface area contributed by atoms with Crippen LogP contribution in [0.3, 0.4) is 0 Å². The molecule has 25 heavy (non-hydrogen) atoms. The second-order valence-corrected chi connectivity index (χ2v) is 5.49. The van der Waals surface area contributed by atoms with E-state index in [2.05, 4.69) is 9.97 Å². The Balaban J connectivity index is 1.71. The second kappa shape index (κ2) is 8.15. The van der Waals surface area contributed by atoms with E-state index >= 15 is 0 Å². The number of hydrogen-bond donors (Lipinski definition) is 0. The van der Waals surface area contributed by atoms with Crippen LogP contribution < -0.4 is 14.2 Å². The van der Waals surface area contributed by atoms with Gasteiger partial charge in [-0.25, -0.2) is 4.98 Å². The normalized spacial score (nSPS) is 10.3. The van der Waals surface area contributed by atoms with Gasteiger partial charge in [0, 0.05) is 18.2 Å². The Kier molecular flexibility index (Phi) is 5.46. The molecule has 3 aromatic rings. The fourth-order valence-electron chi connectivity index (χ4n) is 2.48. The lowest BCUT2D eigenvalue weighted by Crippen LogP contribution is -2.01. The summed E-state index contributed by atoms with van der Waals surface area (Å²) >= 11 is 0. The number of hydrogen-bond acceptors (Lipinski definition) is 5. The van der Waals surface area contributed by atoms with E-state index in [0.717, 1.165) is 22.4 Å². The molecule has 0 N–H and O–H groups in total. The summed E-state index contributed by atoms with van der Waals surface area (Å²) in [6.45, 7) is 0.541. The first kappa shape index (κ1) is 16.8. The maximum atomic E-state index is 5.88. The number of benzene rings is 2. The molecule has 1 aromatic heterocycles. The van der Waals surface area contributed by atoms with Crippen LogP contribution >= 0.6 is 0 Å². The summed E-state index contributed by atoms with van der Waals surface area (Å²) in [5, 5.41) is 0. The monoisotopic (exact) mass is 336 g/mol. The van der Waals surface area contributed by atoms with Gasteiger partial charge in [0.05, 0.1) is 14.2 Å². The molecule has 0 aliphatic heterocycles. The van der Waals surface area contributed by atoms with Crippen molar-refractivity contribution >= 4 is 0 Å². The Morgan fingerprint density at radius 3 is 2.44 bits per heavy atom. The fraction of sp³-hybridized carbons (Fsp3) is 0.200. The van der Waals surface area contributed by atoms with E-state index in [0.29, 0.717) is 24.9 Å². The molecule has 0 saturated heterocycles. The Morgan fingerprint density at radius 2 is 1.68 bits per heavy atom. The van der Waals surface area contributed by atoms with Gasteiger partial charge in [-0.15, -0.1) is 0 Å². The summed E-state index contributed by atoms with van der Waals surface area (Å²) in [5.41, 5.74) is 3.12. The van der Waals surface area contributed by atoms with E-state index in [1.54, 1.807) is 13.3 Å². The molecule has 3 rings (SSSR count). The van der Waals surface area contributed by atoms with Crippen molar-refractivity contribution in [3.63, 3.8) is 0 Å². The molecule has 5 nitrogen and oxygen atoms in total. The van der Waals surface area contributed by atoms with E-state index in [9.17, 15) is 0 Å². The summed E-state index contributed by atoms with van der Waals surface area (Å²) in [7, 11) is 3.12. The fourth-order valence-corrected chi connectivity index (χ4v) is 2.48. The lowest BCUT2D eigenvalue weighted by atomic mass is 10.1. The highest BCUT2D eigenvalue weighted by atomic mass is 16.5. The van der Waals surface area contributed by atoms with Gasteiger partial charge in [0.2, 0.25) is 5.88 Å². The van der Waals surface area contributed by atoms with E-state index in [-0.39, 0.29) is 0 Å². The zero-order valence-corrected chi connectivity index (χ0v) is 14.3. The van der Waals surface area contributed by atoms with E-state index in [4.69, 9.17) is 14.2 Å². The van der Waals surface area contributed by atoms with Gasteiger partial charge < -0.3 is 14.2 Å². The summed E-state index contributed by atoms with van der Waals surface area (Å²) in [6.07, 6.45) is 2.37. The van der Waals surface area contributed by atoms with Crippen LogP contribution in [0.1, 0.15) is 16.7 Å². The summed E-state index contributed by atoms with van der Waals surface area (Å²) in [6, 6.07) is 18.4. The van der Waals surface area contributed by atoms with Crippen LogP contribution in [0, 0.1) is 0 Å². The van der Waals surface area contributed by atoms with E-state index in [1.165, 1.54) is 7.11 Å². The lowest BCUT2D eigenvalue weighted by Gasteiger charge is -2.10. The molecule has 128 valence electrons. The summed E-state index contributed by atoms with van der Waals surface area (Å²) < 4.78 is 16.2. The zero-order valence-electron chi connectivity index (χ0n) is 14.3. The lowest BCUT2D eigenvalue weighted by molar-refractivity contribution is 0.306. The van der Waals surface area contributed by atoms with E-state index < -0.39 is 0 Å². The first-order chi connectivity index (χ1) is 12.3. The van der Waals surface area contributed by atoms with Gasteiger partial charge in [-0.2, -0.15) is 4.98 Å². The molecule has 0 unspecified atom stereocenters. The first-order valence-corrected chi connectivity index (χ1v) is 7.98. The highest BCUT2D eigenvalue weighted by Gasteiger charge is 2.09.